The van der Waals surface area contributed by atoms with E-state index in [1.54, 1.807) is 0 Å². The molecule has 0 atom stereocenters. The van der Waals surface area contributed by atoms with Crippen LogP contribution in [-0.2, 0) is 11.2 Å². The second-order valence-electron chi connectivity index (χ2n) is 4.41. The van der Waals surface area contributed by atoms with Crippen LogP contribution in [0.2, 0.25) is 0 Å². The summed E-state index contributed by atoms with van der Waals surface area (Å²) in [5, 5.41) is 3.26. The molecule has 0 unspecified atom stereocenters. The Morgan fingerprint density at radius 1 is 1.33 bits per heavy atom. The van der Waals surface area contributed by atoms with E-state index in [0.29, 0.717) is 11.7 Å². The molecule has 0 spiro atoms. The molecule has 21 heavy (non-hydrogen) atoms. The Bertz CT molecular complexity index is 611. The monoisotopic (exact) mass is 368 g/mol. The van der Waals surface area contributed by atoms with Gasteiger partial charge < -0.3 is 4.74 Å². The second kappa shape index (κ2) is 7.56. The van der Waals surface area contributed by atoms with Crippen LogP contribution < -0.4 is 5.32 Å². The molecule has 6 heteroatoms. The fourth-order valence-electron chi connectivity index (χ4n) is 1.80. The van der Waals surface area contributed by atoms with E-state index in [4.69, 9.17) is 4.74 Å². The number of hydrogen-bond acceptors (Lipinski definition) is 4. The number of thiazole rings is 1. The number of amides is 1. The summed E-state index contributed by atoms with van der Waals surface area (Å²) in [6.45, 7) is 4.45. The van der Waals surface area contributed by atoms with Crippen LogP contribution in [0.15, 0.2) is 28.7 Å². The van der Waals surface area contributed by atoms with E-state index in [0.717, 1.165) is 33.4 Å². The molecule has 2 rings (SSSR count). The maximum Gasteiger partial charge on any atom is 0.413 e. The number of anilines is 1. The SMILES string of the molecule is CCCOC(=O)Nc1nc(-c2ccc(Br)cc2)c(CC)s1. The number of hydrogen-bond donors (Lipinski definition) is 1. The molecule has 2 aromatic rings. The summed E-state index contributed by atoms with van der Waals surface area (Å²) < 4.78 is 6.04. The van der Waals surface area contributed by atoms with Crippen LogP contribution >= 0.6 is 27.3 Å². The molecule has 4 nitrogen and oxygen atoms in total. The number of ether oxygens (including phenoxy) is 1. The van der Waals surface area contributed by atoms with Gasteiger partial charge in [-0.05, 0) is 25.0 Å². The smallest absolute Gasteiger partial charge is 0.413 e. The third kappa shape index (κ3) is 4.28. The summed E-state index contributed by atoms with van der Waals surface area (Å²) >= 11 is 4.91. The maximum absolute atomic E-state index is 11.6. The maximum atomic E-state index is 11.6. The normalized spacial score (nSPS) is 10.4. The largest absolute Gasteiger partial charge is 0.449 e. The number of nitrogens with zero attached hydrogens (tertiary/aromatic N) is 1. The van der Waals surface area contributed by atoms with Crippen molar-refractivity contribution in [3.05, 3.63) is 33.6 Å². The van der Waals surface area contributed by atoms with Crippen molar-refractivity contribution < 1.29 is 9.53 Å². The van der Waals surface area contributed by atoms with Crippen molar-refractivity contribution in [3.63, 3.8) is 0 Å². The van der Waals surface area contributed by atoms with Crippen LogP contribution in [0.1, 0.15) is 25.1 Å². The quantitative estimate of drug-likeness (QED) is 0.798. The lowest BCUT2D eigenvalue weighted by Gasteiger charge is -2.02. The summed E-state index contributed by atoms with van der Waals surface area (Å²) in [4.78, 5) is 17.3. The second-order valence-corrected chi connectivity index (χ2v) is 6.41. The number of benzene rings is 1. The fourth-order valence-corrected chi connectivity index (χ4v) is 2.97. The van der Waals surface area contributed by atoms with Gasteiger partial charge in [-0.3, -0.25) is 5.32 Å². The first kappa shape index (κ1) is 16.0. The average Bonchev–Trinajstić information content (AvgIpc) is 2.88. The Labute approximate surface area is 136 Å². The first-order chi connectivity index (χ1) is 10.1. The molecule has 1 aromatic heterocycles. The molecule has 0 aliphatic heterocycles. The van der Waals surface area contributed by atoms with E-state index in [2.05, 4.69) is 33.2 Å². The predicted octanol–water partition coefficient (Wildman–Crippen LogP) is 5.09. The van der Waals surface area contributed by atoms with Gasteiger partial charge in [-0.1, -0.05) is 41.9 Å². The third-order valence-electron chi connectivity index (χ3n) is 2.78. The number of carbonyl (C=O) groups excluding carboxylic acids is 1. The molecule has 1 amide bonds. The zero-order valence-electron chi connectivity index (χ0n) is 12.0. The third-order valence-corrected chi connectivity index (χ3v) is 4.43. The molecule has 1 heterocycles. The van der Waals surface area contributed by atoms with Crippen molar-refractivity contribution >= 4 is 38.5 Å². The first-order valence-electron chi connectivity index (χ1n) is 6.83. The molecule has 0 fully saturated rings. The van der Waals surface area contributed by atoms with Crippen LogP contribution in [0.4, 0.5) is 9.93 Å². The fraction of sp³-hybridized carbons (Fsp3) is 0.333. The van der Waals surface area contributed by atoms with E-state index >= 15 is 0 Å². The van der Waals surface area contributed by atoms with Crippen molar-refractivity contribution in [2.24, 2.45) is 0 Å². The summed E-state index contributed by atoms with van der Waals surface area (Å²) in [7, 11) is 0. The minimum atomic E-state index is -0.449. The van der Waals surface area contributed by atoms with Crippen LogP contribution in [0.25, 0.3) is 11.3 Å². The van der Waals surface area contributed by atoms with E-state index in [9.17, 15) is 4.79 Å². The zero-order chi connectivity index (χ0) is 15.2. The van der Waals surface area contributed by atoms with Gasteiger partial charge in [-0.15, -0.1) is 11.3 Å². The molecule has 0 radical (unpaired) electrons. The Balaban J connectivity index is 2.19. The van der Waals surface area contributed by atoms with Gasteiger partial charge in [-0.25, -0.2) is 9.78 Å². The standard InChI is InChI=1S/C15H17BrN2O2S/c1-3-9-20-15(19)18-14-17-13(12(4-2)21-14)10-5-7-11(16)8-6-10/h5-8H,3-4,9H2,1-2H3,(H,17,18,19). The number of halogens is 1. The van der Waals surface area contributed by atoms with Crippen molar-refractivity contribution in [3.8, 4) is 11.3 Å². The summed E-state index contributed by atoms with van der Waals surface area (Å²) in [6.07, 6.45) is 1.22. The van der Waals surface area contributed by atoms with Gasteiger partial charge in [-0.2, -0.15) is 0 Å². The van der Waals surface area contributed by atoms with Crippen molar-refractivity contribution in [2.45, 2.75) is 26.7 Å². The van der Waals surface area contributed by atoms with Gasteiger partial charge in [0.25, 0.3) is 0 Å². The number of aryl methyl sites for hydroxylation is 1. The Kier molecular flexibility index (Phi) is 5.76. The molecule has 0 aliphatic carbocycles. The van der Waals surface area contributed by atoms with Gasteiger partial charge in [0, 0.05) is 14.9 Å². The predicted molar refractivity (Wildman–Crippen MR) is 89.9 cm³/mol. The minimum Gasteiger partial charge on any atom is -0.449 e. The highest BCUT2D eigenvalue weighted by atomic mass is 79.9. The van der Waals surface area contributed by atoms with Gasteiger partial charge >= 0.3 is 6.09 Å². The van der Waals surface area contributed by atoms with Gasteiger partial charge in [0.05, 0.1) is 12.3 Å². The zero-order valence-corrected chi connectivity index (χ0v) is 14.4. The molecular formula is C15H17BrN2O2S. The van der Waals surface area contributed by atoms with E-state index in [-0.39, 0.29) is 0 Å². The molecule has 0 saturated heterocycles. The topological polar surface area (TPSA) is 51.2 Å². The molecule has 0 aliphatic rings. The summed E-state index contributed by atoms with van der Waals surface area (Å²) in [5.41, 5.74) is 1.96. The van der Waals surface area contributed by atoms with Crippen molar-refractivity contribution in [1.29, 1.82) is 0 Å². The lowest BCUT2D eigenvalue weighted by molar-refractivity contribution is 0.161. The van der Waals surface area contributed by atoms with Gasteiger partial charge in [0.2, 0.25) is 0 Å². The van der Waals surface area contributed by atoms with E-state index in [1.807, 2.05) is 31.2 Å². The van der Waals surface area contributed by atoms with Crippen molar-refractivity contribution in [2.75, 3.05) is 11.9 Å². The molecule has 0 bridgehead atoms. The van der Waals surface area contributed by atoms with E-state index < -0.39 is 6.09 Å². The Morgan fingerprint density at radius 2 is 2.05 bits per heavy atom. The van der Waals surface area contributed by atoms with E-state index in [1.165, 1.54) is 11.3 Å². The Hall–Kier alpha value is -1.40. The highest BCUT2D eigenvalue weighted by Crippen LogP contribution is 2.32. The molecular weight excluding hydrogens is 352 g/mol. The number of rotatable bonds is 5. The lowest BCUT2D eigenvalue weighted by atomic mass is 10.1. The summed E-state index contributed by atoms with van der Waals surface area (Å²) in [6, 6.07) is 7.99. The molecule has 112 valence electrons. The van der Waals surface area contributed by atoms with Gasteiger partial charge in [0.1, 0.15) is 0 Å². The number of carbonyl (C=O) groups is 1. The molecule has 1 N–H and O–H groups in total. The minimum absolute atomic E-state index is 0.414. The molecule has 1 aromatic carbocycles. The highest BCUT2D eigenvalue weighted by molar-refractivity contribution is 9.10. The van der Waals surface area contributed by atoms with Crippen LogP contribution in [-0.4, -0.2) is 17.7 Å². The van der Waals surface area contributed by atoms with Crippen molar-refractivity contribution in [1.82, 2.24) is 4.98 Å². The van der Waals surface area contributed by atoms with Gasteiger partial charge in [0.15, 0.2) is 5.13 Å². The van der Waals surface area contributed by atoms with Crippen LogP contribution in [0.3, 0.4) is 0 Å². The number of aromatic nitrogens is 1. The average molecular weight is 369 g/mol. The summed E-state index contributed by atoms with van der Waals surface area (Å²) in [5.74, 6) is 0. The molecule has 0 saturated carbocycles. The van der Waals surface area contributed by atoms with Crippen LogP contribution in [0.5, 0.6) is 0 Å². The number of nitrogens with one attached hydrogen (secondary N) is 1. The Morgan fingerprint density at radius 3 is 2.67 bits per heavy atom. The van der Waals surface area contributed by atoms with Crippen LogP contribution in [0, 0.1) is 0 Å². The highest BCUT2D eigenvalue weighted by Gasteiger charge is 2.14. The first-order valence-corrected chi connectivity index (χ1v) is 8.44. The lowest BCUT2D eigenvalue weighted by Crippen LogP contribution is -2.13.